The molecule has 0 spiro atoms. The molecule has 0 aliphatic carbocycles. The van der Waals surface area contributed by atoms with Crippen LogP contribution in [0, 0.1) is 6.92 Å². The van der Waals surface area contributed by atoms with Crippen molar-refractivity contribution in [1.82, 2.24) is 9.88 Å². The van der Waals surface area contributed by atoms with Crippen LogP contribution >= 0.6 is 11.3 Å². The van der Waals surface area contributed by atoms with Crippen molar-refractivity contribution in [2.75, 3.05) is 25.9 Å². The van der Waals surface area contributed by atoms with Gasteiger partial charge in [0.2, 0.25) is 5.91 Å². The highest BCUT2D eigenvalue weighted by Gasteiger charge is 2.26. The van der Waals surface area contributed by atoms with Crippen LogP contribution in [0.2, 0.25) is 0 Å². The highest BCUT2D eigenvalue weighted by Crippen LogP contribution is 2.22. The smallest absolute Gasteiger partial charge is 0.227 e. The summed E-state index contributed by atoms with van der Waals surface area (Å²) in [5, 5.41) is 0.529. The van der Waals surface area contributed by atoms with Gasteiger partial charge in [-0.2, -0.15) is 0 Å². The molecule has 1 atom stereocenters. The van der Waals surface area contributed by atoms with Crippen molar-refractivity contribution in [3.05, 3.63) is 10.6 Å². The van der Waals surface area contributed by atoms with Crippen molar-refractivity contribution < 1.29 is 9.53 Å². The van der Waals surface area contributed by atoms with E-state index in [0.29, 0.717) is 18.1 Å². The van der Waals surface area contributed by atoms with E-state index in [0.717, 1.165) is 23.5 Å². The average Bonchev–Trinajstić information content (AvgIpc) is 2.86. The number of likely N-dealkylation sites (tertiary alicyclic amines) is 1. The van der Waals surface area contributed by atoms with Gasteiger partial charge in [0, 0.05) is 25.1 Å². The molecule has 6 heteroatoms. The number of nitrogen functional groups attached to an aromatic ring is 1. The predicted octanol–water partition coefficient (Wildman–Crippen LogP) is 0.824. The van der Waals surface area contributed by atoms with E-state index >= 15 is 0 Å². The van der Waals surface area contributed by atoms with Gasteiger partial charge in [-0.15, -0.1) is 11.3 Å². The maximum Gasteiger partial charge on any atom is 0.227 e. The lowest BCUT2D eigenvalue weighted by molar-refractivity contribution is -0.129. The number of carbonyl (C=O) groups excluding carboxylic acids is 1. The van der Waals surface area contributed by atoms with Crippen LogP contribution in [0.5, 0.6) is 0 Å². The number of amides is 1. The van der Waals surface area contributed by atoms with Crippen LogP contribution in [-0.4, -0.2) is 42.1 Å². The molecule has 2 N–H and O–H groups in total. The number of thiazole rings is 1. The fourth-order valence-electron chi connectivity index (χ4n) is 2.01. The number of nitrogens with zero attached hydrogens (tertiary/aromatic N) is 2. The Morgan fingerprint density at radius 1 is 1.71 bits per heavy atom. The molecule has 1 fully saturated rings. The molecule has 0 aromatic carbocycles. The number of rotatable bonds is 3. The van der Waals surface area contributed by atoms with E-state index in [1.807, 2.05) is 11.8 Å². The topological polar surface area (TPSA) is 68.5 Å². The third-order valence-corrected chi connectivity index (χ3v) is 4.04. The number of hydrogen-bond donors (Lipinski definition) is 1. The van der Waals surface area contributed by atoms with E-state index < -0.39 is 0 Å². The van der Waals surface area contributed by atoms with E-state index in [1.54, 1.807) is 7.11 Å². The molecular weight excluding hydrogens is 238 g/mol. The monoisotopic (exact) mass is 255 g/mol. The van der Waals surface area contributed by atoms with Crippen molar-refractivity contribution in [2.45, 2.75) is 25.9 Å². The molecular formula is C11H17N3O2S. The van der Waals surface area contributed by atoms with Gasteiger partial charge in [-0.25, -0.2) is 4.98 Å². The molecule has 1 amide bonds. The van der Waals surface area contributed by atoms with Crippen LogP contribution in [0.3, 0.4) is 0 Å². The molecule has 0 bridgehead atoms. The van der Waals surface area contributed by atoms with Crippen LogP contribution in [0.25, 0.3) is 0 Å². The Morgan fingerprint density at radius 2 is 2.47 bits per heavy atom. The number of ether oxygens (including phenoxy) is 1. The molecule has 2 heterocycles. The number of aryl methyl sites for hydroxylation is 1. The zero-order valence-corrected chi connectivity index (χ0v) is 10.9. The van der Waals surface area contributed by atoms with Gasteiger partial charge in [-0.05, 0) is 13.3 Å². The molecule has 0 saturated carbocycles. The second-order valence-corrected chi connectivity index (χ2v) is 5.34. The second kappa shape index (κ2) is 5.01. The van der Waals surface area contributed by atoms with Crippen LogP contribution in [0.1, 0.15) is 17.0 Å². The van der Waals surface area contributed by atoms with Gasteiger partial charge < -0.3 is 15.4 Å². The maximum absolute atomic E-state index is 12.0. The molecule has 2 rings (SSSR count). The molecule has 1 aromatic heterocycles. The summed E-state index contributed by atoms with van der Waals surface area (Å²) in [6, 6.07) is 0. The standard InChI is InChI=1S/C11H17N3O2S/c1-7-9(17-11(12)13-7)5-10(15)14-4-3-8(6-14)16-2/h8H,3-6H2,1-2H3,(H2,12,13)/t8-/m0/s1. The highest BCUT2D eigenvalue weighted by molar-refractivity contribution is 7.15. The van der Waals surface area contributed by atoms with E-state index in [2.05, 4.69) is 4.98 Å². The normalized spacial score (nSPS) is 19.9. The Labute approximate surface area is 105 Å². The minimum Gasteiger partial charge on any atom is -0.380 e. The van der Waals surface area contributed by atoms with Crippen molar-refractivity contribution in [2.24, 2.45) is 0 Å². The molecule has 0 radical (unpaired) electrons. The van der Waals surface area contributed by atoms with Crippen LogP contribution in [0.15, 0.2) is 0 Å². The summed E-state index contributed by atoms with van der Waals surface area (Å²) in [4.78, 5) is 19.0. The van der Waals surface area contributed by atoms with Gasteiger partial charge in [-0.3, -0.25) is 4.79 Å². The number of anilines is 1. The molecule has 1 aliphatic rings. The van der Waals surface area contributed by atoms with Crippen molar-refractivity contribution in [3.63, 3.8) is 0 Å². The molecule has 5 nitrogen and oxygen atoms in total. The molecule has 1 saturated heterocycles. The summed E-state index contributed by atoms with van der Waals surface area (Å²) in [6.45, 7) is 3.37. The first-order valence-corrected chi connectivity index (χ1v) is 6.44. The number of nitrogens with two attached hydrogens (primary N) is 1. The minimum absolute atomic E-state index is 0.135. The van der Waals surface area contributed by atoms with Gasteiger partial charge in [-0.1, -0.05) is 0 Å². The largest absolute Gasteiger partial charge is 0.380 e. The van der Waals surface area contributed by atoms with Crippen molar-refractivity contribution in [1.29, 1.82) is 0 Å². The van der Waals surface area contributed by atoms with Crippen molar-refractivity contribution in [3.8, 4) is 0 Å². The molecule has 17 heavy (non-hydrogen) atoms. The first kappa shape index (κ1) is 12.3. The Bertz CT molecular complexity index is 419. The minimum atomic E-state index is 0.135. The summed E-state index contributed by atoms with van der Waals surface area (Å²) >= 11 is 1.40. The van der Waals surface area contributed by atoms with Gasteiger partial charge in [0.1, 0.15) is 0 Å². The zero-order chi connectivity index (χ0) is 12.4. The second-order valence-electron chi connectivity index (χ2n) is 4.22. The maximum atomic E-state index is 12.0. The lowest BCUT2D eigenvalue weighted by atomic mass is 10.3. The van der Waals surface area contributed by atoms with Gasteiger partial charge >= 0.3 is 0 Å². The molecule has 1 aliphatic heterocycles. The van der Waals surface area contributed by atoms with Crippen molar-refractivity contribution >= 4 is 22.4 Å². The molecule has 0 unspecified atom stereocenters. The van der Waals surface area contributed by atoms with Gasteiger partial charge in [0.15, 0.2) is 5.13 Å². The number of methoxy groups -OCH3 is 1. The highest BCUT2D eigenvalue weighted by atomic mass is 32.1. The zero-order valence-electron chi connectivity index (χ0n) is 10.1. The first-order chi connectivity index (χ1) is 8.10. The van der Waals surface area contributed by atoms with E-state index in [-0.39, 0.29) is 12.0 Å². The van der Waals surface area contributed by atoms with E-state index in [9.17, 15) is 4.79 Å². The number of aromatic nitrogens is 1. The summed E-state index contributed by atoms with van der Waals surface area (Å²) in [5.74, 6) is 0.135. The third kappa shape index (κ3) is 2.76. The summed E-state index contributed by atoms with van der Waals surface area (Å²) in [7, 11) is 1.69. The molecule has 94 valence electrons. The van der Waals surface area contributed by atoms with Crippen LogP contribution < -0.4 is 5.73 Å². The lowest BCUT2D eigenvalue weighted by Crippen LogP contribution is -2.31. The summed E-state index contributed by atoms with van der Waals surface area (Å²) < 4.78 is 5.25. The third-order valence-electron chi connectivity index (χ3n) is 3.05. The fraction of sp³-hybridized carbons (Fsp3) is 0.636. The first-order valence-electron chi connectivity index (χ1n) is 5.62. The van der Waals surface area contributed by atoms with Crippen LogP contribution in [-0.2, 0) is 16.0 Å². The Morgan fingerprint density at radius 3 is 3.00 bits per heavy atom. The summed E-state index contributed by atoms with van der Waals surface area (Å²) in [6.07, 6.45) is 1.51. The summed E-state index contributed by atoms with van der Waals surface area (Å²) in [5.41, 5.74) is 6.48. The van der Waals surface area contributed by atoms with E-state index in [4.69, 9.17) is 10.5 Å². The van der Waals surface area contributed by atoms with Crippen LogP contribution in [0.4, 0.5) is 5.13 Å². The SMILES string of the molecule is CO[C@H]1CCN(C(=O)Cc2sc(N)nc2C)C1. The Balaban J connectivity index is 1.96. The Kier molecular flexibility index (Phi) is 3.63. The Hall–Kier alpha value is -1.14. The quantitative estimate of drug-likeness (QED) is 0.868. The van der Waals surface area contributed by atoms with Gasteiger partial charge in [0.05, 0.1) is 18.2 Å². The number of hydrogen-bond acceptors (Lipinski definition) is 5. The predicted molar refractivity (Wildman–Crippen MR) is 67.0 cm³/mol. The fourth-order valence-corrected chi connectivity index (χ4v) is 2.83. The molecule has 1 aromatic rings. The lowest BCUT2D eigenvalue weighted by Gasteiger charge is -2.15. The average molecular weight is 255 g/mol. The van der Waals surface area contributed by atoms with E-state index in [1.165, 1.54) is 11.3 Å². The van der Waals surface area contributed by atoms with Gasteiger partial charge in [0.25, 0.3) is 0 Å². The number of carbonyl (C=O) groups is 1.